The second-order valence-electron chi connectivity index (χ2n) is 5.68. The van der Waals surface area contributed by atoms with E-state index < -0.39 is 0 Å². The Morgan fingerprint density at radius 2 is 1.86 bits per heavy atom. The number of hydrogen-bond acceptors (Lipinski definition) is 7. The Hall–Kier alpha value is -1.76. The standard InChI is InChI=1S/C14H18N6S/c1-10-4-5-15-13(16-10)19-6-8-20(9-7-19)14-17-12(18-21-14)11-2-3-11/h4-5,11H,2-3,6-9H2,1H3. The summed E-state index contributed by atoms with van der Waals surface area (Å²) in [6.07, 6.45) is 4.35. The zero-order valence-corrected chi connectivity index (χ0v) is 12.9. The molecule has 1 saturated heterocycles. The van der Waals surface area contributed by atoms with E-state index in [4.69, 9.17) is 4.98 Å². The molecule has 110 valence electrons. The lowest BCUT2D eigenvalue weighted by atomic mass is 10.3. The smallest absolute Gasteiger partial charge is 0.225 e. The molecule has 6 nitrogen and oxygen atoms in total. The molecule has 7 heteroatoms. The number of nitrogens with zero attached hydrogens (tertiary/aromatic N) is 6. The summed E-state index contributed by atoms with van der Waals surface area (Å²) < 4.78 is 4.49. The number of aryl methyl sites for hydroxylation is 1. The van der Waals surface area contributed by atoms with E-state index in [2.05, 4.69) is 24.1 Å². The predicted octanol–water partition coefficient (Wildman–Crippen LogP) is 1.84. The number of anilines is 2. The van der Waals surface area contributed by atoms with Gasteiger partial charge >= 0.3 is 0 Å². The van der Waals surface area contributed by atoms with Crippen LogP contribution < -0.4 is 9.80 Å². The predicted molar refractivity (Wildman–Crippen MR) is 83.1 cm³/mol. The first kappa shape index (κ1) is 12.9. The van der Waals surface area contributed by atoms with Gasteiger partial charge in [-0.15, -0.1) is 0 Å². The first-order chi connectivity index (χ1) is 10.3. The highest BCUT2D eigenvalue weighted by molar-refractivity contribution is 7.09. The molecule has 1 aliphatic heterocycles. The second-order valence-corrected chi connectivity index (χ2v) is 6.41. The average Bonchev–Trinajstić information content (AvgIpc) is 3.25. The summed E-state index contributed by atoms with van der Waals surface area (Å²) in [5, 5.41) is 1.07. The third-order valence-electron chi connectivity index (χ3n) is 3.99. The molecule has 2 fully saturated rings. The van der Waals surface area contributed by atoms with E-state index in [1.54, 1.807) is 0 Å². The Morgan fingerprint density at radius 3 is 2.57 bits per heavy atom. The SMILES string of the molecule is Cc1ccnc(N2CCN(c3nc(C4CC4)ns3)CC2)n1. The molecular weight excluding hydrogens is 284 g/mol. The van der Waals surface area contributed by atoms with Gasteiger partial charge in [-0.2, -0.15) is 4.37 Å². The van der Waals surface area contributed by atoms with E-state index >= 15 is 0 Å². The molecule has 0 atom stereocenters. The van der Waals surface area contributed by atoms with Crippen LogP contribution in [0.5, 0.6) is 0 Å². The van der Waals surface area contributed by atoms with Gasteiger partial charge in [-0.05, 0) is 25.8 Å². The molecule has 21 heavy (non-hydrogen) atoms. The number of hydrogen-bond donors (Lipinski definition) is 0. The van der Waals surface area contributed by atoms with E-state index in [9.17, 15) is 0 Å². The summed E-state index contributed by atoms with van der Waals surface area (Å²) in [7, 11) is 0. The second kappa shape index (κ2) is 5.22. The Balaban J connectivity index is 1.41. The van der Waals surface area contributed by atoms with Crippen LogP contribution in [-0.2, 0) is 0 Å². The molecule has 1 aliphatic carbocycles. The monoisotopic (exact) mass is 302 g/mol. The van der Waals surface area contributed by atoms with E-state index in [-0.39, 0.29) is 0 Å². The van der Waals surface area contributed by atoms with Crippen LogP contribution in [0.15, 0.2) is 12.3 Å². The first-order valence-electron chi connectivity index (χ1n) is 7.43. The molecule has 2 aromatic rings. The summed E-state index contributed by atoms with van der Waals surface area (Å²) >= 11 is 1.54. The number of rotatable bonds is 3. The third kappa shape index (κ3) is 2.70. The van der Waals surface area contributed by atoms with E-state index in [0.29, 0.717) is 5.92 Å². The Labute approximate surface area is 128 Å². The topological polar surface area (TPSA) is 58.0 Å². The van der Waals surface area contributed by atoms with Crippen LogP contribution in [-0.4, -0.2) is 45.5 Å². The Bertz CT molecular complexity index is 630. The maximum Gasteiger partial charge on any atom is 0.225 e. The fraction of sp³-hybridized carbons (Fsp3) is 0.571. The van der Waals surface area contributed by atoms with Crippen molar-refractivity contribution in [3.8, 4) is 0 Å². The molecule has 0 unspecified atom stereocenters. The number of piperazine rings is 1. The quantitative estimate of drug-likeness (QED) is 0.862. The van der Waals surface area contributed by atoms with Crippen molar-refractivity contribution in [2.24, 2.45) is 0 Å². The summed E-state index contributed by atoms with van der Waals surface area (Å²) in [6.45, 7) is 5.78. The lowest BCUT2D eigenvalue weighted by Gasteiger charge is -2.34. The lowest BCUT2D eigenvalue weighted by molar-refractivity contribution is 0.637. The van der Waals surface area contributed by atoms with Crippen molar-refractivity contribution in [1.82, 2.24) is 19.3 Å². The maximum absolute atomic E-state index is 4.69. The van der Waals surface area contributed by atoms with Crippen molar-refractivity contribution in [1.29, 1.82) is 0 Å². The molecule has 1 saturated carbocycles. The number of aromatic nitrogens is 4. The Kier molecular flexibility index (Phi) is 3.21. The third-order valence-corrected chi connectivity index (χ3v) is 4.78. The van der Waals surface area contributed by atoms with E-state index in [0.717, 1.165) is 48.8 Å². The molecule has 2 aliphatic rings. The van der Waals surface area contributed by atoms with Gasteiger partial charge in [0.2, 0.25) is 11.1 Å². The minimum absolute atomic E-state index is 0.636. The molecule has 0 spiro atoms. The molecule has 4 rings (SSSR count). The van der Waals surface area contributed by atoms with Crippen LogP contribution in [0.1, 0.15) is 30.3 Å². The van der Waals surface area contributed by atoms with Crippen molar-refractivity contribution in [2.75, 3.05) is 36.0 Å². The van der Waals surface area contributed by atoms with Crippen LogP contribution in [0.2, 0.25) is 0 Å². The Morgan fingerprint density at radius 1 is 1.10 bits per heavy atom. The molecule has 0 aromatic carbocycles. The van der Waals surface area contributed by atoms with Crippen molar-refractivity contribution < 1.29 is 0 Å². The molecular formula is C14H18N6S. The van der Waals surface area contributed by atoms with Gasteiger partial charge in [0.05, 0.1) is 0 Å². The molecule has 0 radical (unpaired) electrons. The minimum Gasteiger partial charge on any atom is -0.343 e. The van der Waals surface area contributed by atoms with Crippen LogP contribution in [0.4, 0.5) is 11.1 Å². The summed E-state index contributed by atoms with van der Waals surface area (Å²) in [6, 6.07) is 1.93. The van der Waals surface area contributed by atoms with Gasteiger partial charge in [-0.1, -0.05) is 0 Å². The van der Waals surface area contributed by atoms with Gasteiger partial charge in [-0.3, -0.25) is 0 Å². The van der Waals surface area contributed by atoms with Crippen molar-refractivity contribution in [2.45, 2.75) is 25.7 Å². The summed E-state index contributed by atoms with van der Waals surface area (Å²) in [5.74, 6) is 2.53. The van der Waals surface area contributed by atoms with Gasteiger partial charge in [0, 0.05) is 55.5 Å². The maximum atomic E-state index is 4.69. The molecule has 0 bridgehead atoms. The fourth-order valence-corrected chi connectivity index (χ4v) is 3.35. The zero-order chi connectivity index (χ0) is 14.2. The van der Waals surface area contributed by atoms with E-state index in [1.165, 1.54) is 24.4 Å². The van der Waals surface area contributed by atoms with Gasteiger partial charge in [-0.25, -0.2) is 15.0 Å². The lowest BCUT2D eigenvalue weighted by Crippen LogP contribution is -2.47. The van der Waals surface area contributed by atoms with Crippen LogP contribution >= 0.6 is 11.5 Å². The van der Waals surface area contributed by atoms with Gasteiger partial charge < -0.3 is 9.80 Å². The van der Waals surface area contributed by atoms with Gasteiger partial charge in [0.25, 0.3) is 0 Å². The zero-order valence-electron chi connectivity index (χ0n) is 12.1. The molecule has 2 aromatic heterocycles. The van der Waals surface area contributed by atoms with Crippen molar-refractivity contribution in [3.05, 3.63) is 23.8 Å². The minimum atomic E-state index is 0.636. The largest absolute Gasteiger partial charge is 0.343 e. The molecule has 0 amide bonds. The van der Waals surface area contributed by atoms with Crippen molar-refractivity contribution >= 4 is 22.6 Å². The van der Waals surface area contributed by atoms with Gasteiger partial charge in [0.1, 0.15) is 5.82 Å². The fourth-order valence-electron chi connectivity index (χ4n) is 2.55. The average molecular weight is 302 g/mol. The van der Waals surface area contributed by atoms with E-state index in [1.807, 2.05) is 19.2 Å². The normalized spacial score (nSPS) is 19.1. The van der Waals surface area contributed by atoms with Crippen LogP contribution in [0, 0.1) is 6.92 Å². The first-order valence-corrected chi connectivity index (χ1v) is 8.20. The highest BCUT2D eigenvalue weighted by Gasteiger charge is 2.29. The molecule has 3 heterocycles. The summed E-state index contributed by atoms with van der Waals surface area (Å²) in [4.78, 5) is 18.1. The molecule has 0 N–H and O–H groups in total. The van der Waals surface area contributed by atoms with Gasteiger partial charge in [0.15, 0.2) is 0 Å². The highest BCUT2D eigenvalue weighted by atomic mass is 32.1. The highest BCUT2D eigenvalue weighted by Crippen LogP contribution is 2.39. The van der Waals surface area contributed by atoms with Crippen LogP contribution in [0.25, 0.3) is 0 Å². The van der Waals surface area contributed by atoms with Crippen molar-refractivity contribution in [3.63, 3.8) is 0 Å². The van der Waals surface area contributed by atoms with Crippen LogP contribution in [0.3, 0.4) is 0 Å². The summed E-state index contributed by atoms with van der Waals surface area (Å²) in [5.41, 5.74) is 1.01.